The molecule has 0 aliphatic rings. The number of hydrogen-bond acceptors (Lipinski definition) is 6. The molecule has 0 aliphatic carbocycles. The lowest BCUT2D eigenvalue weighted by molar-refractivity contribution is 0.252. The first-order valence-corrected chi connectivity index (χ1v) is 7.94. The molecule has 3 aromatic heterocycles. The zero-order chi connectivity index (χ0) is 14.7. The van der Waals surface area contributed by atoms with Gasteiger partial charge in [-0.05, 0) is 29.8 Å². The van der Waals surface area contributed by atoms with Crippen LogP contribution in [0.1, 0.15) is 10.7 Å². The number of rotatable bonds is 4. The van der Waals surface area contributed by atoms with Crippen LogP contribution in [0, 0.1) is 6.92 Å². The molecule has 0 radical (unpaired) electrons. The Labute approximate surface area is 128 Å². The van der Waals surface area contributed by atoms with Crippen LogP contribution in [0.3, 0.4) is 0 Å². The Hall–Kier alpha value is -2.19. The topological polar surface area (TPSA) is 80.0 Å². The molecular weight excluding hydrogens is 308 g/mol. The van der Waals surface area contributed by atoms with Crippen molar-refractivity contribution in [1.29, 1.82) is 0 Å². The minimum atomic E-state index is -0.265. The number of aromatic nitrogens is 2. The maximum absolute atomic E-state index is 11.9. The third kappa shape index (κ3) is 3.29. The van der Waals surface area contributed by atoms with Crippen LogP contribution in [0.25, 0.3) is 10.8 Å². The van der Waals surface area contributed by atoms with Gasteiger partial charge in [0.15, 0.2) is 5.82 Å². The second-order valence-electron chi connectivity index (χ2n) is 4.20. The summed E-state index contributed by atoms with van der Waals surface area (Å²) in [4.78, 5) is 17.9. The summed E-state index contributed by atoms with van der Waals surface area (Å²) in [6.45, 7) is 2.25. The summed E-state index contributed by atoms with van der Waals surface area (Å²) in [5.74, 6) is 0.975. The van der Waals surface area contributed by atoms with Gasteiger partial charge in [0.25, 0.3) is 5.89 Å². The summed E-state index contributed by atoms with van der Waals surface area (Å²) in [5, 5.41) is 13.2. The third-order valence-corrected chi connectivity index (χ3v) is 4.42. The molecule has 8 heteroatoms. The normalized spacial score (nSPS) is 10.5. The Balaban J connectivity index is 1.65. The number of nitrogens with one attached hydrogen (secondary N) is 2. The largest absolute Gasteiger partial charge is 0.333 e. The molecule has 21 heavy (non-hydrogen) atoms. The van der Waals surface area contributed by atoms with Gasteiger partial charge in [0.1, 0.15) is 4.88 Å². The molecule has 0 atom stereocenters. The van der Waals surface area contributed by atoms with Gasteiger partial charge < -0.3 is 15.2 Å². The van der Waals surface area contributed by atoms with E-state index in [2.05, 4.69) is 20.8 Å². The fraction of sp³-hybridized carbons (Fsp3) is 0.154. The lowest BCUT2D eigenvalue weighted by Gasteiger charge is -2.06. The highest BCUT2D eigenvalue weighted by Gasteiger charge is 2.15. The highest BCUT2D eigenvalue weighted by molar-refractivity contribution is 7.14. The summed E-state index contributed by atoms with van der Waals surface area (Å²) >= 11 is 3.04. The van der Waals surface area contributed by atoms with Gasteiger partial charge in [-0.15, -0.1) is 22.7 Å². The number of carbonyl (C=O) groups is 1. The first-order chi connectivity index (χ1) is 10.2. The molecule has 0 fully saturated rings. The van der Waals surface area contributed by atoms with Crippen molar-refractivity contribution in [1.82, 2.24) is 15.5 Å². The van der Waals surface area contributed by atoms with Gasteiger partial charge in [-0.25, -0.2) is 4.79 Å². The van der Waals surface area contributed by atoms with Gasteiger partial charge in [0.05, 0.1) is 12.2 Å². The zero-order valence-electron chi connectivity index (χ0n) is 11.1. The number of thiophene rings is 2. The molecule has 0 bridgehead atoms. The Morgan fingerprint density at radius 2 is 2.24 bits per heavy atom. The van der Waals surface area contributed by atoms with Crippen molar-refractivity contribution in [2.24, 2.45) is 0 Å². The summed E-state index contributed by atoms with van der Waals surface area (Å²) in [7, 11) is 0. The van der Waals surface area contributed by atoms with Crippen LogP contribution < -0.4 is 10.6 Å². The molecule has 2 amide bonds. The number of anilines is 1. The predicted molar refractivity (Wildman–Crippen MR) is 82.5 cm³/mol. The number of hydrogen-bond donors (Lipinski definition) is 2. The monoisotopic (exact) mass is 320 g/mol. The Morgan fingerprint density at radius 1 is 1.33 bits per heavy atom. The molecule has 0 saturated heterocycles. The molecular formula is C13H12N4O2S2. The van der Waals surface area contributed by atoms with Crippen molar-refractivity contribution in [2.45, 2.75) is 13.5 Å². The quantitative estimate of drug-likeness (QED) is 0.771. The van der Waals surface area contributed by atoms with E-state index in [-0.39, 0.29) is 6.03 Å². The average molecular weight is 320 g/mol. The van der Waals surface area contributed by atoms with E-state index in [1.165, 1.54) is 11.3 Å². The fourth-order valence-electron chi connectivity index (χ4n) is 1.71. The molecule has 0 aromatic carbocycles. The second-order valence-corrected chi connectivity index (χ2v) is 6.15. The van der Waals surface area contributed by atoms with E-state index >= 15 is 0 Å². The van der Waals surface area contributed by atoms with Crippen molar-refractivity contribution in [3.05, 3.63) is 39.7 Å². The van der Waals surface area contributed by atoms with E-state index in [9.17, 15) is 4.79 Å². The van der Waals surface area contributed by atoms with Crippen LogP contribution in [0.4, 0.5) is 10.5 Å². The molecule has 3 aromatic rings. The minimum absolute atomic E-state index is 0.265. The Morgan fingerprint density at radius 3 is 2.95 bits per heavy atom. The van der Waals surface area contributed by atoms with Crippen LogP contribution >= 0.6 is 22.7 Å². The smallest absolute Gasteiger partial charge is 0.319 e. The van der Waals surface area contributed by atoms with Crippen LogP contribution in [-0.4, -0.2) is 16.2 Å². The van der Waals surface area contributed by atoms with Crippen LogP contribution in [-0.2, 0) is 6.54 Å². The van der Waals surface area contributed by atoms with Crippen LogP contribution in [0.15, 0.2) is 33.5 Å². The number of nitrogens with zero attached hydrogens (tertiary/aromatic N) is 2. The summed E-state index contributed by atoms with van der Waals surface area (Å²) in [5.41, 5.74) is 0.660. The molecule has 0 saturated carbocycles. The van der Waals surface area contributed by atoms with Crippen molar-refractivity contribution in [3.63, 3.8) is 0 Å². The third-order valence-electron chi connectivity index (χ3n) is 2.64. The van der Waals surface area contributed by atoms with Crippen molar-refractivity contribution >= 4 is 34.4 Å². The fourth-order valence-corrected chi connectivity index (χ4v) is 3.12. The SMILES string of the molecule is Cc1noc(-c2sccc2NC(=O)NCc2cccs2)n1. The molecule has 2 N–H and O–H groups in total. The van der Waals surface area contributed by atoms with Gasteiger partial charge in [-0.1, -0.05) is 11.2 Å². The lowest BCUT2D eigenvalue weighted by atomic mass is 10.4. The molecule has 108 valence electrons. The van der Waals surface area contributed by atoms with E-state index in [1.54, 1.807) is 18.3 Å². The summed E-state index contributed by atoms with van der Waals surface area (Å²) < 4.78 is 5.13. The first kappa shape index (κ1) is 13.8. The second kappa shape index (κ2) is 6.06. The highest BCUT2D eigenvalue weighted by Crippen LogP contribution is 2.32. The minimum Gasteiger partial charge on any atom is -0.333 e. The number of aryl methyl sites for hydroxylation is 1. The van der Waals surface area contributed by atoms with Gasteiger partial charge in [-0.2, -0.15) is 4.98 Å². The van der Waals surface area contributed by atoms with Crippen molar-refractivity contribution in [3.8, 4) is 10.8 Å². The summed E-state index contributed by atoms with van der Waals surface area (Å²) in [6.07, 6.45) is 0. The van der Waals surface area contributed by atoms with E-state index in [0.29, 0.717) is 23.9 Å². The summed E-state index contributed by atoms with van der Waals surface area (Å²) in [6, 6.07) is 5.47. The highest BCUT2D eigenvalue weighted by atomic mass is 32.1. The number of urea groups is 1. The van der Waals surface area contributed by atoms with Crippen molar-refractivity contribution in [2.75, 3.05) is 5.32 Å². The van der Waals surface area contributed by atoms with E-state index in [0.717, 1.165) is 9.75 Å². The molecule has 3 heterocycles. The van der Waals surface area contributed by atoms with Crippen LogP contribution in [0.2, 0.25) is 0 Å². The average Bonchev–Trinajstić information content (AvgIpc) is 3.17. The molecule has 0 unspecified atom stereocenters. The maximum Gasteiger partial charge on any atom is 0.319 e. The Kier molecular flexibility index (Phi) is 3.98. The lowest BCUT2D eigenvalue weighted by Crippen LogP contribution is -2.27. The van der Waals surface area contributed by atoms with Crippen LogP contribution in [0.5, 0.6) is 0 Å². The molecule has 6 nitrogen and oxygen atoms in total. The zero-order valence-corrected chi connectivity index (χ0v) is 12.8. The van der Waals surface area contributed by atoms with E-state index in [4.69, 9.17) is 4.52 Å². The molecule has 0 aliphatic heterocycles. The molecule has 0 spiro atoms. The Bertz CT molecular complexity index is 733. The molecule has 3 rings (SSSR count). The standard InChI is InChI=1S/C13H12N4O2S2/c1-8-15-12(19-17-8)11-10(4-6-21-11)16-13(18)14-7-9-3-2-5-20-9/h2-6H,7H2,1H3,(H2,14,16,18). The van der Waals surface area contributed by atoms with Crippen molar-refractivity contribution < 1.29 is 9.32 Å². The maximum atomic E-state index is 11.9. The number of amides is 2. The van der Waals surface area contributed by atoms with Gasteiger partial charge >= 0.3 is 6.03 Å². The number of carbonyl (C=O) groups excluding carboxylic acids is 1. The first-order valence-electron chi connectivity index (χ1n) is 6.18. The van der Waals surface area contributed by atoms with Gasteiger partial charge in [0, 0.05) is 4.88 Å². The predicted octanol–water partition coefficient (Wildman–Crippen LogP) is 3.49. The van der Waals surface area contributed by atoms with Gasteiger partial charge in [-0.3, -0.25) is 0 Å². The van der Waals surface area contributed by atoms with E-state index in [1.807, 2.05) is 29.0 Å². The van der Waals surface area contributed by atoms with Gasteiger partial charge in [0.2, 0.25) is 0 Å². The van der Waals surface area contributed by atoms with E-state index < -0.39 is 0 Å².